The van der Waals surface area contributed by atoms with Crippen LogP contribution in [0.3, 0.4) is 0 Å². The van der Waals surface area contributed by atoms with Crippen molar-refractivity contribution in [2.75, 3.05) is 20.2 Å². The number of rotatable bonds is 5. The molecule has 0 saturated heterocycles. The molecule has 0 bridgehead atoms. The third-order valence-corrected chi connectivity index (χ3v) is 2.76. The molecule has 1 rings (SSSR count). The van der Waals surface area contributed by atoms with E-state index in [4.69, 9.17) is 4.74 Å². The van der Waals surface area contributed by atoms with Crippen LogP contribution in [0.4, 0.5) is 0 Å². The van der Waals surface area contributed by atoms with Gasteiger partial charge in [-0.1, -0.05) is 26.0 Å². The Morgan fingerprint density at radius 2 is 2.00 bits per heavy atom. The van der Waals surface area contributed by atoms with Crippen LogP contribution >= 0.6 is 0 Å². The monoisotopic (exact) mass is 249 g/mol. The molecule has 0 aromatic heterocycles. The molecule has 0 aliphatic carbocycles. The summed E-state index contributed by atoms with van der Waals surface area (Å²) in [5.74, 6) is 1.28. The van der Waals surface area contributed by atoms with E-state index >= 15 is 0 Å². The molecular formula is C15H23NO2. The molecule has 0 saturated carbocycles. The lowest BCUT2D eigenvalue weighted by Gasteiger charge is -2.19. The number of hydrogen-bond donors (Lipinski definition) is 0. The van der Waals surface area contributed by atoms with Gasteiger partial charge in [0.05, 0.1) is 0 Å². The van der Waals surface area contributed by atoms with Crippen LogP contribution in [0.15, 0.2) is 18.2 Å². The minimum absolute atomic E-state index is 0.0182. The first kappa shape index (κ1) is 14.6. The lowest BCUT2D eigenvalue weighted by Crippen LogP contribution is -2.34. The van der Waals surface area contributed by atoms with Crippen LogP contribution in [0.5, 0.6) is 5.75 Å². The summed E-state index contributed by atoms with van der Waals surface area (Å²) in [7, 11) is 1.81. The number of ether oxygens (including phenoxy) is 1. The Kier molecular flexibility index (Phi) is 5.20. The largest absolute Gasteiger partial charge is 0.483 e. The summed E-state index contributed by atoms with van der Waals surface area (Å²) in [5, 5.41) is 0. The SMILES string of the molecule is Cc1ccc(C)c(OCC(=O)N(C)CC(C)C)c1. The zero-order valence-electron chi connectivity index (χ0n) is 12.0. The molecule has 3 heteroatoms. The van der Waals surface area contributed by atoms with Crippen molar-refractivity contribution >= 4 is 5.91 Å². The second-order valence-corrected chi connectivity index (χ2v) is 5.23. The van der Waals surface area contributed by atoms with Crippen LogP contribution in [-0.2, 0) is 4.79 Å². The first-order chi connectivity index (χ1) is 8.40. The van der Waals surface area contributed by atoms with Gasteiger partial charge in [0.25, 0.3) is 5.91 Å². The summed E-state index contributed by atoms with van der Waals surface area (Å²) < 4.78 is 5.59. The third-order valence-electron chi connectivity index (χ3n) is 2.76. The van der Waals surface area contributed by atoms with Crippen molar-refractivity contribution < 1.29 is 9.53 Å². The van der Waals surface area contributed by atoms with Crippen LogP contribution in [0, 0.1) is 19.8 Å². The average molecular weight is 249 g/mol. The number of hydrogen-bond acceptors (Lipinski definition) is 2. The molecule has 0 aliphatic heterocycles. The van der Waals surface area contributed by atoms with E-state index in [1.807, 2.05) is 39.1 Å². The minimum Gasteiger partial charge on any atom is -0.483 e. The highest BCUT2D eigenvalue weighted by atomic mass is 16.5. The van der Waals surface area contributed by atoms with E-state index in [2.05, 4.69) is 13.8 Å². The molecular weight excluding hydrogens is 226 g/mol. The van der Waals surface area contributed by atoms with E-state index in [9.17, 15) is 4.79 Å². The second kappa shape index (κ2) is 6.43. The van der Waals surface area contributed by atoms with Crippen molar-refractivity contribution in [3.8, 4) is 5.75 Å². The number of likely N-dealkylation sites (N-methyl/N-ethyl adjacent to an activating group) is 1. The molecule has 1 aromatic rings. The summed E-state index contributed by atoms with van der Waals surface area (Å²) in [5.41, 5.74) is 2.19. The Bertz CT molecular complexity index is 413. The standard InChI is InChI=1S/C15H23NO2/c1-11(2)9-16(5)15(17)10-18-14-8-12(3)6-7-13(14)4/h6-8,11H,9-10H2,1-5H3. The van der Waals surface area contributed by atoms with Gasteiger partial charge in [-0.25, -0.2) is 0 Å². The lowest BCUT2D eigenvalue weighted by molar-refractivity contribution is -0.132. The molecule has 100 valence electrons. The first-order valence-electron chi connectivity index (χ1n) is 6.34. The molecule has 0 radical (unpaired) electrons. The van der Waals surface area contributed by atoms with Gasteiger partial charge >= 0.3 is 0 Å². The topological polar surface area (TPSA) is 29.5 Å². The summed E-state index contributed by atoms with van der Waals surface area (Å²) in [6.07, 6.45) is 0. The van der Waals surface area contributed by atoms with E-state index in [1.54, 1.807) is 4.90 Å². The Labute approximate surface area is 110 Å². The van der Waals surface area contributed by atoms with Crippen LogP contribution in [-0.4, -0.2) is 31.0 Å². The van der Waals surface area contributed by atoms with Crippen LogP contribution in [0.2, 0.25) is 0 Å². The molecule has 0 unspecified atom stereocenters. The molecule has 1 aromatic carbocycles. The minimum atomic E-state index is 0.0182. The number of aryl methyl sites for hydroxylation is 2. The Balaban J connectivity index is 2.54. The van der Waals surface area contributed by atoms with Gasteiger partial charge in [-0.2, -0.15) is 0 Å². The highest BCUT2D eigenvalue weighted by Crippen LogP contribution is 2.19. The molecule has 0 spiro atoms. The van der Waals surface area contributed by atoms with Gasteiger partial charge in [0.15, 0.2) is 6.61 Å². The molecule has 0 heterocycles. The molecule has 3 nitrogen and oxygen atoms in total. The maximum atomic E-state index is 11.8. The fraction of sp³-hybridized carbons (Fsp3) is 0.533. The highest BCUT2D eigenvalue weighted by Gasteiger charge is 2.11. The summed E-state index contributed by atoms with van der Waals surface area (Å²) in [6, 6.07) is 6.01. The van der Waals surface area contributed by atoms with Gasteiger partial charge in [-0.05, 0) is 37.0 Å². The zero-order chi connectivity index (χ0) is 13.7. The quantitative estimate of drug-likeness (QED) is 0.803. The summed E-state index contributed by atoms with van der Waals surface area (Å²) in [6.45, 7) is 9.04. The maximum absolute atomic E-state index is 11.8. The fourth-order valence-corrected chi connectivity index (χ4v) is 1.76. The predicted octanol–water partition coefficient (Wildman–Crippen LogP) is 2.80. The molecule has 0 N–H and O–H groups in total. The molecule has 0 aliphatic rings. The predicted molar refractivity (Wildman–Crippen MR) is 73.9 cm³/mol. The first-order valence-corrected chi connectivity index (χ1v) is 6.34. The zero-order valence-corrected chi connectivity index (χ0v) is 12.0. The normalized spacial score (nSPS) is 10.6. The van der Waals surface area contributed by atoms with Gasteiger partial charge in [-0.15, -0.1) is 0 Å². The van der Waals surface area contributed by atoms with E-state index in [0.29, 0.717) is 5.92 Å². The smallest absolute Gasteiger partial charge is 0.260 e. The molecule has 0 atom stereocenters. The van der Waals surface area contributed by atoms with Crippen LogP contribution in [0.1, 0.15) is 25.0 Å². The Hall–Kier alpha value is -1.51. The van der Waals surface area contributed by atoms with E-state index in [1.165, 1.54) is 0 Å². The van der Waals surface area contributed by atoms with Crippen molar-refractivity contribution in [2.24, 2.45) is 5.92 Å². The van der Waals surface area contributed by atoms with Crippen molar-refractivity contribution in [1.82, 2.24) is 4.90 Å². The van der Waals surface area contributed by atoms with Crippen molar-refractivity contribution in [1.29, 1.82) is 0 Å². The molecule has 0 fully saturated rings. The number of amides is 1. The Morgan fingerprint density at radius 1 is 1.33 bits per heavy atom. The van der Waals surface area contributed by atoms with Crippen molar-refractivity contribution in [3.63, 3.8) is 0 Å². The summed E-state index contributed by atoms with van der Waals surface area (Å²) in [4.78, 5) is 13.6. The number of carbonyl (C=O) groups is 1. The Morgan fingerprint density at radius 3 is 2.61 bits per heavy atom. The number of carbonyl (C=O) groups excluding carboxylic acids is 1. The fourth-order valence-electron chi connectivity index (χ4n) is 1.76. The highest BCUT2D eigenvalue weighted by molar-refractivity contribution is 5.77. The molecule has 18 heavy (non-hydrogen) atoms. The van der Waals surface area contributed by atoms with Crippen LogP contribution < -0.4 is 4.74 Å². The average Bonchev–Trinajstić information content (AvgIpc) is 2.29. The van der Waals surface area contributed by atoms with E-state index < -0.39 is 0 Å². The van der Waals surface area contributed by atoms with Gasteiger partial charge in [-0.3, -0.25) is 4.79 Å². The van der Waals surface area contributed by atoms with Gasteiger partial charge < -0.3 is 9.64 Å². The van der Waals surface area contributed by atoms with Gasteiger partial charge in [0, 0.05) is 13.6 Å². The van der Waals surface area contributed by atoms with Crippen molar-refractivity contribution in [3.05, 3.63) is 29.3 Å². The van der Waals surface area contributed by atoms with Crippen molar-refractivity contribution in [2.45, 2.75) is 27.7 Å². The van der Waals surface area contributed by atoms with Gasteiger partial charge in [0.2, 0.25) is 0 Å². The molecule has 1 amide bonds. The third kappa shape index (κ3) is 4.40. The maximum Gasteiger partial charge on any atom is 0.260 e. The summed E-state index contributed by atoms with van der Waals surface area (Å²) >= 11 is 0. The van der Waals surface area contributed by atoms with E-state index in [-0.39, 0.29) is 12.5 Å². The number of nitrogens with zero attached hydrogens (tertiary/aromatic N) is 1. The second-order valence-electron chi connectivity index (χ2n) is 5.23. The van der Waals surface area contributed by atoms with Crippen LogP contribution in [0.25, 0.3) is 0 Å². The van der Waals surface area contributed by atoms with Gasteiger partial charge in [0.1, 0.15) is 5.75 Å². The lowest BCUT2D eigenvalue weighted by atomic mass is 10.1. The van der Waals surface area contributed by atoms with E-state index in [0.717, 1.165) is 23.4 Å². The number of benzene rings is 1.